The van der Waals surface area contributed by atoms with Crippen molar-refractivity contribution in [1.82, 2.24) is 9.88 Å². The lowest BCUT2D eigenvalue weighted by molar-refractivity contribution is 0.1000. The molecule has 138 valence electrons. The number of nitrogens with one attached hydrogen (secondary N) is 1. The van der Waals surface area contributed by atoms with E-state index in [-0.39, 0.29) is 5.91 Å². The number of hydrogen-bond donors (Lipinski definition) is 2. The van der Waals surface area contributed by atoms with Crippen molar-refractivity contribution < 1.29 is 9.53 Å². The van der Waals surface area contributed by atoms with Crippen LogP contribution in [0.2, 0.25) is 0 Å². The van der Waals surface area contributed by atoms with E-state index in [2.05, 4.69) is 34.3 Å². The fourth-order valence-electron chi connectivity index (χ4n) is 3.67. The molecule has 1 aliphatic rings. The van der Waals surface area contributed by atoms with Gasteiger partial charge < -0.3 is 15.5 Å². The molecule has 27 heavy (non-hydrogen) atoms. The lowest BCUT2D eigenvalue weighted by Crippen LogP contribution is -2.28. The molecule has 0 unspecified atom stereocenters. The van der Waals surface area contributed by atoms with Crippen LogP contribution in [-0.4, -0.2) is 36.0 Å². The molecule has 1 amide bonds. The van der Waals surface area contributed by atoms with Gasteiger partial charge in [-0.15, -0.1) is 0 Å². The minimum Gasteiger partial charge on any atom is -0.497 e. The van der Waals surface area contributed by atoms with Crippen LogP contribution in [0.3, 0.4) is 0 Å². The van der Waals surface area contributed by atoms with Gasteiger partial charge in [0, 0.05) is 47.9 Å². The number of rotatable bonds is 5. The summed E-state index contributed by atoms with van der Waals surface area (Å²) in [6.45, 7) is 2.67. The molecule has 0 atom stereocenters. The van der Waals surface area contributed by atoms with Crippen molar-refractivity contribution in [3.8, 4) is 5.75 Å². The summed E-state index contributed by atoms with van der Waals surface area (Å²) in [5.74, 6) is 0.489. The summed E-state index contributed by atoms with van der Waals surface area (Å²) in [5, 5.41) is 1.20. The van der Waals surface area contributed by atoms with Crippen molar-refractivity contribution in [3.05, 3.63) is 71.4 Å². The molecule has 5 nitrogen and oxygen atoms in total. The Bertz CT molecular complexity index is 1020. The van der Waals surface area contributed by atoms with Gasteiger partial charge in [0.1, 0.15) is 5.75 Å². The molecular formula is C22H23N3O2. The van der Waals surface area contributed by atoms with Crippen LogP contribution in [0.25, 0.3) is 16.5 Å². The van der Waals surface area contributed by atoms with Gasteiger partial charge in [-0.2, -0.15) is 0 Å². The topological polar surface area (TPSA) is 71.3 Å². The maximum absolute atomic E-state index is 11.4. The van der Waals surface area contributed by atoms with E-state index in [0.717, 1.165) is 42.9 Å². The molecule has 4 rings (SSSR count). The standard InChI is InChI=1S/C22H23N3O2/c1-27-18-5-6-21-19(12-18)20(13-24-21)16-7-9-25(10-8-16)14-15-3-2-4-17(11-15)22(23)26/h2-7,11-13,24H,8-10,14H2,1H3,(H2,23,26). The van der Waals surface area contributed by atoms with E-state index >= 15 is 0 Å². The van der Waals surface area contributed by atoms with Crippen molar-refractivity contribution in [2.45, 2.75) is 13.0 Å². The maximum atomic E-state index is 11.4. The monoisotopic (exact) mass is 361 g/mol. The summed E-state index contributed by atoms with van der Waals surface area (Å²) in [4.78, 5) is 17.1. The molecule has 0 fully saturated rings. The molecule has 1 aliphatic heterocycles. The van der Waals surface area contributed by atoms with Gasteiger partial charge in [0.2, 0.25) is 5.91 Å². The number of primary amides is 1. The van der Waals surface area contributed by atoms with Gasteiger partial charge in [-0.3, -0.25) is 9.69 Å². The number of nitrogens with zero attached hydrogens (tertiary/aromatic N) is 1. The molecule has 5 heteroatoms. The average Bonchev–Trinajstić information content (AvgIpc) is 3.12. The third-order valence-corrected chi connectivity index (χ3v) is 5.15. The fraction of sp³-hybridized carbons (Fsp3) is 0.227. The van der Waals surface area contributed by atoms with Gasteiger partial charge in [0.15, 0.2) is 0 Å². The number of methoxy groups -OCH3 is 1. The van der Waals surface area contributed by atoms with Gasteiger partial charge in [-0.25, -0.2) is 0 Å². The van der Waals surface area contributed by atoms with Crippen LogP contribution >= 0.6 is 0 Å². The highest BCUT2D eigenvalue weighted by Crippen LogP contribution is 2.31. The number of benzene rings is 2. The number of aromatic nitrogens is 1. The molecule has 0 aliphatic carbocycles. The maximum Gasteiger partial charge on any atom is 0.248 e. The zero-order valence-electron chi connectivity index (χ0n) is 15.4. The van der Waals surface area contributed by atoms with Crippen LogP contribution in [0.1, 0.15) is 27.9 Å². The molecule has 0 radical (unpaired) electrons. The molecule has 1 aromatic heterocycles. The Hall–Kier alpha value is -3.05. The van der Waals surface area contributed by atoms with Crippen molar-refractivity contribution in [3.63, 3.8) is 0 Å². The van der Waals surface area contributed by atoms with Crippen molar-refractivity contribution in [1.29, 1.82) is 0 Å². The quantitative estimate of drug-likeness (QED) is 0.730. The first kappa shape index (κ1) is 17.4. The molecule has 0 saturated heterocycles. The van der Waals surface area contributed by atoms with E-state index in [9.17, 15) is 4.79 Å². The van der Waals surface area contributed by atoms with E-state index < -0.39 is 0 Å². The zero-order chi connectivity index (χ0) is 18.8. The lowest BCUT2D eigenvalue weighted by Gasteiger charge is -2.26. The average molecular weight is 361 g/mol. The first-order chi connectivity index (χ1) is 13.1. The first-order valence-corrected chi connectivity index (χ1v) is 9.09. The Kier molecular flexibility index (Phi) is 4.69. The number of nitrogens with two attached hydrogens (primary N) is 1. The van der Waals surface area contributed by atoms with Crippen molar-refractivity contribution in [2.75, 3.05) is 20.2 Å². The molecule has 0 saturated carbocycles. The van der Waals surface area contributed by atoms with Gasteiger partial charge >= 0.3 is 0 Å². The van der Waals surface area contributed by atoms with E-state index in [1.54, 1.807) is 13.2 Å². The Morgan fingerprint density at radius 2 is 2.15 bits per heavy atom. The zero-order valence-corrected chi connectivity index (χ0v) is 15.4. The van der Waals surface area contributed by atoms with Crippen LogP contribution in [0, 0.1) is 0 Å². The Morgan fingerprint density at radius 3 is 2.89 bits per heavy atom. The summed E-state index contributed by atoms with van der Waals surface area (Å²) >= 11 is 0. The molecule has 0 spiro atoms. The SMILES string of the molecule is COc1ccc2[nH]cc(C3=CCN(Cc4cccc(C(N)=O)c4)CC3)c2c1. The highest BCUT2D eigenvalue weighted by molar-refractivity contribution is 5.94. The number of amides is 1. The number of H-pyrrole nitrogens is 1. The Labute approximate surface area is 158 Å². The van der Waals surface area contributed by atoms with E-state index in [1.807, 2.05) is 24.3 Å². The van der Waals surface area contributed by atoms with Crippen molar-refractivity contribution >= 4 is 22.4 Å². The minimum atomic E-state index is -0.382. The molecule has 0 bridgehead atoms. The van der Waals surface area contributed by atoms with Crippen LogP contribution in [-0.2, 0) is 6.54 Å². The Balaban J connectivity index is 1.50. The predicted octanol–water partition coefficient (Wildman–Crippen LogP) is 3.56. The highest BCUT2D eigenvalue weighted by Gasteiger charge is 2.16. The lowest BCUT2D eigenvalue weighted by atomic mass is 9.98. The molecule has 2 aromatic carbocycles. The number of carbonyl (C=O) groups is 1. The van der Waals surface area contributed by atoms with Crippen LogP contribution in [0.5, 0.6) is 5.75 Å². The Morgan fingerprint density at radius 1 is 1.26 bits per heavy atom. The largest absolute Gasteiger partial charge is 0.497 e. The summed E-state index contributed by atoms with van der Waals surface area (Å²) in [6.07, 6.45) is 5.37. The first-order valence-electron chi connectivity index (χ1n) is 9.09. The number of hydrogen-bond acceptors (Lipinski definition) is 3. The van der Waals surface area contributed by atoms with Crippen LogP contribution in [0.4, 0.5) is 0 Å². The second-order valence-corrected chi connectivity index (χ2v) is 6.89. The summed E-state index contributed by atoms with van der Waals surface area (Å²) in [5.41, 5.74) is 10.8. The summed E-state index contributed by atoms with van der Waals surface area (Å²) in [6, 6.07) is 13.7. The molecule has 3 aromatic rings. The number of aromatic amines is 1. The normalized spacial score (nSPS) is 14.9. The van der Waals surface area contributed by atoms with E-state index in [0.29, 0.717) is 5.56 Å². The van der Waals surface area contributed by atoms with Crippen molar-refractivity contribution in [2.24, 2.45) is 5.73 Å². The fourth-order valence-corrected chi connectivity index (χ4v) is 3.67. The number of ether oxygens (including phenoxy) is 1. The third-order valence-electron chi connectivity index (χ3n) is 5.15. The number of fused-ring (bicyclic) bond motifs is 1. The predicted molar refractivity (Wildman–Crippen MR) is 108 cm³/mol. The molecule has 2 heterocycles. The van der Waals surface area contributed by atoms with E-state index in [4.69, 9.17) is 10.5 Å². The summed E-state index contributed by atoms with van der Waals surface area (Å²) in [7, 11) is 1.69. The van der Waals surface area contributed by atoms with Crippen LogP contribution < -0.4 is 10.5 Å². The van der Waals surface area contributed by atoms with Gasteiger partial charge in [0.05, 0.1) is 7.11 Å². The van der Waals surface area contributed by atoms with Gasteiger partial charge in [0.25, 0.3) is 0 Å². The summed E-state index contributed by atoms with van der Waals surface area (Å²) < 4.78 is 5.37. The minimum absolute atomic E-state index is 0.382. The van der Waals surface area contributed by atoms with E-state index in [1.165, 1.54) is 16.5 Å². The molecular weight excluding hydrogens is 338 g/mol. The second-order valence-electron chi connectivity index (χ2n) is 6.89. The third kappa shape index (κ3) is 3.59. The molecule has 3 N–H and O–H groups in total. The number of carbonyl (C=O) groups excluding carboxylic acids is 1. The van der Waals surface area contributed by atoms with Gasteiger partial charge in [-0.1, -0.05) is 18.2 Å². The second kappa shape index (κ2) is 7.29. The van der Waals surface area contributed by atoms with Crippen LogP contribution in [0.15, 0.2) is 54.7 Å². The van der Waals surface area contributed by atoms with Gasteiger partial charge in [-0.05, 0) is 47.9 Å². The highest BCUT2D eigenvalue weighted by atomic mass is 16.5. The smallest absolute Gasteiger partial charge is 0.248 e.